The van der Waals surface area contributed by atoms with Crippen molar-refractivity contribution in [3.8, 4) is 0 Å². The quantitative estimate of drug-likeness (QED) is 0.700. The number of carbonyl (C=O) groups is 1. The molecule has 0 radical (unpaired) electrons. The van der Waals surface area contributed by atoms with E-state index in [0.717, 1.165) is 11.1 Å². The molecule has 1 atom stereocenters. The molecular formula is C19H25N3O3S. The van der Waals surface area contributed by atoms with Crippen LogP contribution in [0, 0.1) is 5.92 Å². The van der Waals surface area contributed by atoms with E-state index >= 15 is 0 Å². The van der Waals surface area contributed by atoms with Crippen molar-refractivity contribution in [2.24, 2.45) is 5.92 Å². The SMILES string of the molecule is CC(C)[C@H](NS(=O)(=O)CCc1ccccc1)C(=O)NCc1cccnc1. The Morgan fingerprint density at radius 2 is 1.77 bits per heavy atom. The predicted molar refractivity (Wildman–Crippen MR) is 102 cm³/mol. The molecule has 0 aliphatic heterocycles. The van der Waals surface area contributed by atoms with Gasteiger partial charge in [0.2, 0.25) is 15.9 Å². The predicted octanol–water partition coefficient (Wildman–Crippen LogP) is 1.88. The number of nitrogens with one attached hydrogen (secondary N) is 2. The molecule has 140 valence electrons. The third-order valence-electron chi connectivity index (χ3n) is 3.95. The molecule has 0 saturated heterocycles. The third-order valence-corrected chi connectivity index (χ3v) is 5.30. The molecule has 7 heteroatoms. The van der Waals surface area contributed by atoms with Gasteiger partial charge in [-0.25, -0.2) is 13.1 Å². The molecular weight excluding hydrogens is 350 g/mol. The van der Waals surface area contributed by atoms with Crippen molar-refractivity contribution >= 4 is 15.9 Å². The maximum Gasteiger partial charge on any atom is 0.238 e. The molecule has 0 fully saturated rings. The van der Waals surface area contributed by atoms with E-state index < -0.39 is 16.1 Å². The van der Waals surface area contributed by atoms with Gasteiger partial charge in [-0.1, -0.05) is 50.2 Å². The molecule has 1 aromatic carbocycles. The molecule has 1 amide bonds. The molecule has 26 heavy (non-hydrogen) atoms. The molecule has 0 bridgehead atoms. The van der Waals surface area contributed by atoms with Crippen LogP contribution in [-0.2, 0) is 27.8 Å². The van der Waals surface area contributed by atoms with Crippen LogP contribution in [0.4, 0.5) is 0 Å². The summed E-state index contributed by atoms with van der Waals surface area (Å²) < 4.78 is 27.3. The standard InChI is InChI=1S/C19H25N3O3S/c1-15(2)18(19(23)21-14-17-9-6-11-20-13-17)22-26(24,25)12-10-16-7-4-3-5-8-16/h3-9,11,13,15,18,22H,10,12,14H2,1-2H3,(H,21,23)/t18-/m0/s1. The summed E-state index contributed by atoms with van der Waals surface area (Å²) in [6, 6.07) is 12.2. The lowest BCUT2D eigenvalue weighted by Crippen LogP contribution is -2.50. The van der Waals surface area contributed by atoms with Gasteiger partial charge in [-0.2, -0.15) is 0 Å². The van der Waals surface area contributed by atoms with Gasteiger partial charge >= 0.3 is 0 Å². The zero-order valence-electron chi connectivity index (χ0n) is 15.1. The topological polar surface area (TPSA) is 88.2 Å². The number of pyridine rings is 1. The summed E-state index contributed by atoms with van der Waals surface area (Å²) in [5.41, 5.74) is 1.80. The number of benzene rings is 1. The van der Waals surface area contributed by atoms with Crippen LogP contribution in [0.1, 0.15) is 25.0 Å². The minimum atomic E-state index is -3.58. The van der Waals surface area contributed by atoms with Crippen LogP contribution in [0.15, 0.2) is 54.9 Å². The minimum absolute atomic E-state index is 0.0594. The van der Waals surface area contributed by atoms with Crippen molar-refractivity contribution in [3.05, 3.63) is 66.0 Å². The lowest BCUT2D eigenvalue weighted by Gasteiger charge is -2.21. The van der Waals surface area contributed by atoms with E-state index in [1.165, 1.54) is 0 Å². The first kappa shape index (κ1) is 20.1. The van der Waals surface area contributed by atoms with Crippen molar-refractivity contribution in [2.45, 2.75) is 32.9 Å². The van der Waals surface area contributed by atoms with Gasteiger partial charge in [0, 0.05) is 18.9 Å². The van der Waals surface area contributed by atoms with Crippen LogP contribution in [-0.4, -0.2) is 31.1 Å². The van der Waals surface area contributed by atoms with E-state index in [9.17, 15) is 13.2 Å². The number of nitrogens with zero attached hydrogens (tertiary/aromatic N) is 1. The average Bonchev–Trinajstić information content (AvgIpc) is 2.64. The zero-order valence-corrected chi connectivity index (χ0v) is 15.9. The maximum atomic E-state index is 12.5. The summed E-state index contributed by atoms with van der Waals surface area (Å²) in [5.74, 6) is -0.571. The number of carbonyl (C=O) groups excluding carboxylic acids is 1. The van der Waals surface area contributed by atoms with E-state index in [1.54, 1.807) is 18.5 Å². The highest BCUT2D eigenvalue weighted by Crippen LogP contribution is 2.07. The van der Waals surface area contributed by atoms with Crippen molar-refractivity contribution in [3.63, 3.8) is 0 Å². The van der Waals surface area contributed by atoms with Crippen molar-refractivity contribution < 1.29 is 13.2 Å². The molecule has 0 unspecified atom stereocenters. The molecule has 0 spiro atoms. The Labute approximate surface area is 155 Å². The van der Waals surface area contributed by atoms with Gasteiger partial charge in [0.25, 0.3) is 0 Å². The minimum Gasteiger partial charge on any atom is -0.351 e. The van der Waals surface area contributed by atoms with Gasteiger partial charge < -0.3 is 5.32 Å². The summed E-state index contributed by atoms with van der Waals surface area (Å²) in [6.45, 7) is 3.93. The van der Waals surface area contributed by atoms with Gasteiger partial charge in [-0.15, -0.1) is 0 Å². The molecule has 2 aromatic rings. The van der Waals surface area contributed by atoms with E-state index in [4.69, 9.17) is 0 Å². The summed E-state index contributed by atoms with van der Waals surface area (Å²) in [7, 11) is -3.58. The molecule has 0 saturated carbocycles. The monoisotopic (exact) mass is 375 g/mol. The van der Waals surface area contributed by atoms with Crippen LogP contribution >= 0.6 is 0 Å². The van der Waals surface area contributed by atoms with Crippen LogP contribution in [0.25, 0.3) is 0 Å². The molecule has 2 rings (SSSR count). The Bertz CT molecular complexity index is 793. The second kappa shape index (κ2) is 9.45. The Hall–Kier alpha value is -2.25. The molecule has 1 aromatic heterocycles. The van der Waals surface area contributed by atoms with Crippen LogP contribution in [0.5, 0.6) is 0 Å². The zero-order chi connectivity index (χ0) is 19.0. The van der Waals surface area contributed by atoms with E-state index in [1.807, 2.05) is 50.2 Å². The first-order valence-electron chi connectivity index (χ1n) is 8.58. The Morgan fingerprint density at radius 1 is 1.08 bits per heavy atom. The van der Waals surface area contributed by atoms with Gasteiger partial charge in [-0.3, -0.25) is 9.78 Å². The van der Waals surface area contributed by atoms with Gasteiger partial charge in [0.15, 0.2) is 0 Å². The number of amides is 1. The Morgan fingerprint density at radius 3 is 2.38 bits per heavy atom. The lowest BCUT2D eigenvalue weighted by molar-refractivity contribution is -0.123. The van der Waals surface area contributed by atoms with E-state index in [2.05, 4.69) is 15.0 Å². The van der Waals surface area contributed by atoms with E-state index in [-0.39, 0.29) is 17.6 Å². The molecule has 0 aliphatic carbocycles. The maximum absolute atomic E-state index is 12.5. The van der Waals surface area contributed by atoms with Crippen molar-refractivity contribution in [1.29, 1.82) is 0 Å². The number of aryl methyl sites for hydroxylation is 1. The Balaban J connectivity index is 1.94. The van der Waals surface area contributed by atoms with Gasteiger partial charge in [0.05, 0.1) is 5.75 Å². The third kappa shape index (κ3) is 6.57. The van der Waals surface area contributed by atoms with Gasteiger partial charge in [0.1, 0.15) is 6.04 Å². The summed E-state index contributed by atoms with van der Waals surface area (Å²) >= 11 is 0. The number of hydrogen-bond donors (Lipinski definition) is 2. The number of aromatic nitrogens is 1. The number of rotatable bonds is 9. The van der Waals surface area contributed by atoms with Crippen molar-refractivity contribution in [2.75, 3.05) is 5.75 Å². The highest BCUT2D eigenvalue weighted by Gasteiger charge is 2.27. The van der Waals surface area contributed by atoms with Crippen LogP contribution in [0.3, 0.4) is 0 Å². The number of hydrogen-bond acceptors (Lipinski definition) is 4. The van der Waals surface area contributed by atoms with E-state index in [0.29, 0.717) is 13.0 Å². The van der Waals surface area contributed by atoms with Crippen LogP contribution < -0.4 is 10.0 Å². The second-order valence-corrected chi connectivity index (χ2v) is 8.35. The average molecular weight is 375 g/mol. The summed E-state index contributed by atoms with van der Waals surface area (Å²) in [5, 5.41) is 2.77. The fraction of sp³-hybridized carbons (Fsp3) is 0.368. The Kier molecular flexibility index (Phi) is 7.29. The highest BCUT2D eigenvalue weighted by molar-refractivity contribution is 7.89. The van der Waals surface area contributed by atoms with Crippen molar-refractivity contribution in [1.82, 2.24) is 15.0 Å². The largest absolute Gasteiger partial charge is 0.351 e. The number of sulfonamides is 1. The molecule has 0 aliphatic rings. The second-order valence-electron chi connectivity index (χ2n) is 6.47. The molecule has 1 heterocycles. The molecule has 6 nitrogen and oxygen atoms in total. The van der Waals surface area contributed by atoms with Gasteiger partial charge in [-0.05, 0) is 29.5 Å². The first-order chi connectivity index (χ1) is 12.4. The summed E-state index contributed by atoms with van der Waals surface area (Å²) in [4.78, 5) is 16.4. The fourth-order valence-corrected chi connectivity index (χ4v) is 3.83. The lowest BCUT2D eigenvalue weighted by atomic mass is 10.0. The summed E-state index contributed by atoms with van der Waals surface area (Å²) in [6.07, 6.45) is 3.72. The first-order valence-corrected chi connectivity index (χ1v) is 10.2. The normalized spacial score (nSPS) is 12.7. The fourth-order valence-electron chi connectivity index (χ4n) is 2.44. The molecule has 2 N–H and O–H groups in total. The highest BCUT2D eigenvalue weighted by atomic mass is 32.2. The van der Waals surface area contributed by atoms with Crippen LogP contribution in [0.2, 0.25) is 0 Å². The smallest absolute Gasteiger partial charge is 0.238 e.